The van der Waals surface area contributed by atoms with Crippen molar-refractivity contribution < 1.29 is 24.0 Å². The standard InChI is InChI=1S/C23H25N3O6/c1-2-3-4-13-32-23(29)16-5-7-18(8-6-16)24-22(28)17-14-21(27)25(15-17)19-9-11-20(12-10-19)26(30)31/h5-12,17H,2-4,13-15H2,1H3,(H,24,28)/t17-/m1/s1. The van der Waals surface area contributed by atoms with Gasteiger partial charge in [-0.15, -0.1) is 0 Å². The first-order valence-corrected chi connectivity index (χ1v) is 10.5. The Kier molecular flexibility index (Phi) is 7.54. The van der Waals surface area contributed by atoms with Crippen LogP contribution in [0.15, 0.2) is 48.5 Å². The summed E-state index contributed by atoms with van der Waals surface area (Å²) >= 11 is 0. The molecule has 9 heteroatoms. The topological polar surface area (TPSA) is 119 Å². The zero-order chi connectivity index (χ0) is 23.1. The summed E-state index contributed by atoms with van der Waals surface area (Å²) in [5, 5.41) is 13.6. The van der Waals surface area contributed by atoms with Crippen LogP contribution in [-0.2, 0) is 14.3 Å². The maximum atomic E-state index is 12.6. The molecular formula is C23H25N3O6. The highest BCUT2D eigenvalue weighted by Crippen LogP contribution is 2.27. The summed E-state index contributed by atoms with van der Waals surface area (Å²) in [7, 11) is 0. The highest BCUT2D eigenvalue weighted by Gasteiger charge is 2.35. The molecule has 1 N–H and O–H groups in total. The minimum absolute atomic E-state index is 0.0466. The molecule has 0 aliphatic carbocycles. The molecule has 0 bridgehead atoms. The van der Waals surface area contributed by atoms with E-state index in [1.807, 2.05) is 0 Å². The molecule has 0 aromatic heterocycles. The molecule has 1 saturated heterocycles. The van der Waals surface area contributed by atoms with E-state index >= 15 is 0 Å². The SMILES string of the molecule is CCCCCOC(=O)c1ccc(NC(=O)[C@@H]2CC(=O)N(c3ccc([N+](=O)[O-])cc3)C2)cc1. The number of nitrogens with zero attached hydrogens (tertiary/aromatic N) is 2. The van der Waals surface area contributed by atoms with E-state index in [-0.39, 0.29) is 30.5 Å². The van der Waals surface area contributed by atoms with E-state index in [1.165, 1.54) is 29.2 Å². The van der Waals surface area contributed by atoms with E-state index in [1.54, 1.807) is 24.3 Å². The Hall–Kier alpha value is -3.75. The highest BCUT2D eigenvalue weighted by molar-refractivity contribution is 6.03. The third-order valence-corrected chi connectivity index (χ3v) is 5.24. The lowest BCUT2D eigenvalue weighted by Gasteiger charge is -2.16. The summed E-state index contributed by atoms with van der Waals surface area (Å²) in [5.41, 5.74) is 1.36. The summed E-state index contributed by atoms with van der Waals surface area (Å²) < 4.78 is 5.21. The van der Waals surface area contributed by atoms with Crippen molar-refractivity contribution >= 4 is 34.8 Å². The van der Waals surface area contributed by atoms with Crippen LogP contribution in [0.1, 0.15) is 43.0 Å². The van der Waals surface area contributed by atoms with E-state index in [4.69, 9.17) is 4.74 Å². The van der Waals surface area contributed by atoms with Crippen LogP contribution >= 0.6 is 0 Å². The molecule has 2 amide bonds. The fraction of sp³-hybridized carbons (Fsp3) is 0.348. The molecule has 1 fully saturated rings. The van der Waals surface area contributed by atoms with E-state index in [0.717, 1.165) is 19.3 Å². The smallest absolute Gasteiger partial charge is 0.338 e. The minimum atomic E-state index is -0.555. The third-order valence-electron chi connectivity index (χ3n) is 5.24. The van der Waals surface area contributed by atoms with Crippen molar-refractivity contribution in [3.63, 3.8) is 0 Å². The number of amides is 2. The van der Waals surface area contributed by atoms with Gasteiger partial charge in [0.25, 0.3) is 5.69 Å². The largest absolute Gasteiger partial charge is 0.462 e. The number of unbranched alkanes of at least 4 members (excludes halogenated alkanes) is 2. The summed E-state index contributed by atoms with van der Waals surface area (Å²) in [5.74, 6) is -1.49. The summed E-state index contributed by atoms with van der Waals surface area (Å²) in [6, 6.07) is 12.0. The van der Waals surface area contributed by atoms with Gasteiger partial charge in [0.1, 0.15) is 0 Å². The average molecular weight is 439 g/mol. The van der Waals surface area contributed by atoms with Gasteiger partial charge in [-0.1, -0.05) is 19.8 Å². The molecule has 2 aromatic carbocycles. The van der Waals surface area contributed by atoms with Gasteiger partial charge in [-0.3, -0.25) is 19.7 Å². The molecule has 1 atom stereocenters. The Bertz CT molecular complexity index is 988. The Morgan fingerprint density at radius 2 is 1.81 bits per heavy atom. The van der Waals surface area contributed by atoms with Crippen LogP contribution in [0.3, 0.4) is 0 Å². The zero-order valence-corrected chi connectivity index (χ0v) is 17.8. The summed E-state index contributed by atoms with van der Waals surface area (Å²) in [4.78, 5) is 48.8. The van der Waals surface area contributed by atoms with Crippen molar-refractivity contribution in [1.29, 1.82) is 0 Å². The van der Waals surface area contributed by atoms with Crippen molar-refractivity contribution in [3.05, 3.63) is 64.2 Å². The van der Waals surface area contributed by atoms with Crippen molar-refractivity contribution in [1.82, 2.24) is 0 Å². The molecule has 0 unspecified atom stereocenters. The molecule has 3 rings (SSSR count). The number of nitrogens with one attached hydrogen (secondary N) is 1. The first-order valence-electron chi connectivity index (χ1n) is 10.5. The fourth-order valence-corrected chi connectivity index (χ4v) is 3.42. The highest BCUT2D eigenvalue weighted by atomic mass is 16.6. The van der Waals surface area contributed by atoms with Gasteiger partial charge in [0.05, 0.1) is 23.0 Å². The van der Waals surface area contributed by atoms with E-state index in [9.17, 15) is 24.5 Å². The van der Waals surface area contributed by atoms with E-state index < -0.39 is 16.8 Å². The van der Waals surface area contributed by atoms with Gasteiger partial charge in [0, 0.05) is 36.5 Å². The Labute approximate surface area is 185 Å². The third kappa shape index (κ3) is 5.69. The number of benzene rings is 2. The van der Waals surface area contributed by atoms with Crippen LogP contribution in [-0.4, -0.2) is 35.9 Å². The molecule has 2 aromatic rings. The molecule has 0 radical (unpaired) electrons. The molecule has 1 heterocycles. The maximum Gasteiger partial charge on any atom is 0.338 e. The lowest BCUT2D eigenvalue weighted by atomic mass is 10.1. The van der Waals surface area contributed by atoms with Gasteiger partial charge >= 0.3 is 5.97 Å². The first kappa shape index (κ1) is 22.9. The monoisotopic (exact) mass is 439 g/mol. The average Bonchev–Trinajstić information content (AvgIpc) is 3.19. The number of nitro groups is 1. The van der Waals surface area contributed by atoms with Crippen molar-refractivity contribution in [2.45, 2.75) is 32.6 Å². The number of ether oxygens (including phenoxy) is 1. The Balaban J connectivity index is 1.55. The van der Waals surface area contributed by atoms with Crippen LogP contribution in [0.25, 0.3) is 0 Å². The number of nitro benzene ring substituents is 1. The van der Waals surface area contributed by atoms with Crippen molar-refractivity contribution in [2.75, 3.05) is 23.4 Å². The van der Waals surface area contributed by atoms with Crippen LogP contribution in [0.5, 0.6) is 0 Å². The normalized spacial score (nSPS) is 15.5. The van der Waals surface area contributed by atoms with Crippen molar-refractivity contribution in [3.8, 4) is 0 Å². The predicted molar refractivity (Wildman–Crippen MR) is 118 cm³/mol. The van der Waals surface area contributed by atoms with Crippen molar-refractivity contribution in [2.24, 2.45) is 5.92 Å². The number of hydrogen-bond donors (Lipinski definition) is 1. The maximum absolute atomic E-state index is 12.6. The molecular weight excluding hydrogens is 414 g/mol. The van der Waals surface area contributed by atoms with Gasteiger partial charge in [0.2, 0.25) is 11.8 Å². The lowest BCUT2D eigenvalue weighted by Crippen LogP contribution is -2.28. The summed E-state index contributed by atoms with van der Waals surface area (Å²) in [6.45, 7) is 2.64. The van der Waals surface area contributed by atoms with Gasteiger partial charge in [-0.05, 0) is 42.8 Å². The Morgan fingerprint density at radius 1 is 1.12 bits per heavy atom. The molecule has 9 nitrogen and oxygen atoms in total. The second-order valence-corrected chi connectivity index (χ2v) is 7.59. The quantitative estimate of drug-likeness (QED) is 0.274. The number of carbonyl (C=O) groups is 3. The minimum Gasteiger partial charge on any atom is -0.462 e. The molecule has 0 saturated carbocycles. The second kappa shape index (κ2) is 10.5. The lowest BCUT2D eigenvalue weighted by molar-refractivity contribution is -0.384. The van der Waals surface area contributed by atoms with E-state index in [2.05, 4.69) is 12.2 Å². The number of hydrogen-bond acceptors (Lipinski definition) is 6. The van der Waals surface area contributed by atoms with Crippen LogP contribution < -0.4 is 10.2 Å². The molecule has 1 aliphatic heterocycles. The van der Waals surface area contributed by atoms with Gasteiger partial charge in [-0.25, -0.2) is 4.79 Å². The molecule has 0 spiro atoms. The van der Waals surface area contributed by atoms with Gasteiger partial charge in [0.15, 0.2) is 0 Å². The Morgan fingerprint density at radius 3 is 2.44 bits per heavy atom. The second-order valence-electron chi connectivity index (χ2n) is 7.59. The molecule has 168 valence electrons. The van der Waals surface area contributed by atoms with Crippen LogP contribution in [0, 0.1) is 16.0 Å². The zero-order valence-electron chi connectivity index (χ0n) is 17.8. The van der Waals surface area contributed by atoms with Gasteiger partial charge in [-0.2, -0.15) is 0 Å². The van der Waals surface area contributed by atoms with Crippen LogP contribution in [0.4, 0.5) is 17.1 Å². The van der Waals surface area contributed by atoms with E-state index in [0.29, 0.717) is 23.5 Å². The first-order chi connectivity index (χ1) is 15.4. The predicted octanol–water partition coefficient (Wildman–Crippen LogP) is 3.93. The number of anilines is 2. The summed E-state index contributed by atoms with van der Waals surface area (Å²) in [6.07, 6.45) is 2.92. The number of esters is 1. The number of rotatable bonds is 9. The van der Waals surface area contributed by atoms with Crippen LogP contribution in [0.2, 0.25) is 0 Å². The molecule has 1 aliphatic rings. The fourth-order valence-electron chi connectivity index (χ4n) is 3.42. The number of carbonyl (C=O) groups excluding carboxylic acids is 3. The molecule has 32 heavy (non-hydrogen) atoms. The number of non-ortho nitro benzene ring substituents is 1. The van der Waals surface area contributed by atoms with Gasteiger partial charge < -0.3 is 15.0 Å².